The largest absolute Gasteiger partial charge is 0.507 e. The summed E-state index contributed by atoms with van der Waals surface area (Å²) in [5.41, 5.74) is 0.652. The van der Waals surface area contributed by atoms with Gasteiger partial charge in [-0.2, -0.15) is 0 Å². The minimum absolute atomic E-state index is 0.0188. The highest BCUT2D eigenvalue weighted by Gasteiger charge is 2.13. The number of phenolic OH excluding ortho intramolecular Hbond substituents is 1. The molecular formula is C20H16N4O4. The van der Waals surface area contributed by atoms with Crippen LogP contribution in [0.25, 0.3) is 22.3 Å². The molecule has 0 amide bonds. The van der Waals surface area contributed by atoms with Crippen molar-refractivity contribution in [3.63, 3.8) is 0 Å². The fraction of sp³-hybridized carbons (Fsp3) is 0.100. The molecule has 0 saturated carbocycles. The Hall–Kier alpha value is -3.94. The first-order valence-electron chi connectivity index (χ1n) is 8.48. The Kier molecular flexibility index (Phi) is 4.36. The minimum atomic E-state index is -0.577. The Morgan fingerprint density at radius 3 is 2.71 bits per heavy atom. The van der Waals surface area contributed by atoms with Crippen LogP contribution in [0.4, 0.5) is 0 Å². The van der Waals surface area contributed by atoms with E-state index in [0.29, 0.717) is 22.7 Å². The number of nitrogens with one attached hydrogen (secondary N) is 1. The number of hydrogen-bond acceptors (Lipinski definition) is 6. The number of aromatic nitrogens is 4. The number of aromatic amines is 1. The van der Waals surface area contributed by atoms with Crippen molar-refractivity contribution in [2.75, 3.05) is 7.11 Å². The lowest BCUT2D eigenvalue weighted by molar-refractivity contribution is 0.408. The molecule has 28 heavy (non-hydrogen) atoms. The fourth-order valence-corrected chi connectivity index (χ4v) is 2.96. The van der Waals surface area contributed by atoms with Crippen LogP contribution in [-0.2, 0) is 6.54 Å². The number of fused-ring (bicyclic) bond motifs is 1. The zero-order valence-electron chi connectivity index (χ0n) is 14.9. The highest BCUT2D eigenvalue weighted by atomic mass is 16.5. The molecule has 8 heteroatoms. The third-order valence-corrected chi connectivity index (χ3v) is 4.37. The maximum absolute atomic E-state index is 12.4. The van der Waals surface area contributed by atoms with Crippen molar-refractivity contribution < 1.29 is 9.84 Å². The Morgan fingerprint density at radius 2 is 2.00 bits per heavy atom. The summed E-state index contributed by atoms with van der Waals surface area (Å²) in [5, 5.41) is 10.6. The number of ether oxygens (including phenoxy) is 1. The molecule has 4 rings (SSSR count). The Balaban J connectivity index is 1.92. The second-order valence-electron chi connectivity index (χ2n) is 6.12. The van der Waals surface area contributed by atoms with Crippen LogP contribution in [-0.4, -0.2) is 31.7 Å². The molecule has 3 heterocycles. The molecule has 0 saturated heterocycles. The average molecular weight is 376 g/mol. The van der Waals surface area contributed by atoms with Gasteiger partial charge in [0, 0.05) is 17.8 Å². The lowest BCUT2D eigenvalue weighted by Crippen LogP contribution is -2.31. The van der Waals surface area contributed by atoms with Gasteiger partial charge >= 0.3 is 5.69 Å². The summed E-state index contributed by atoms with van der Waals surface area (Å²) < 4.78 is 6.45. The van der Waals surface area contributed by atoms with Gasteiger partial charge in [-0.3, -0.25) is 19.3 Å². The predicted octanol–water partition coefficient (Wildman–Crippen LogP) is 1.91. The molecule has 0 atom stereocenters. The second-order valence-corrected chi connectivity index (χ2v) is 6.12. The molecule has 0 bridgehead atoms. The predicted molar refractivity (Wildman–Crippen MR) is 104 cm³/mol. The van der Waals surface area contributed by atoms with E-state index in [4.69, 9.17) is 4.74 Å². The van der Waals surface area contributed by atoms with E-state index in [9.17, 15) is 14.7 Å². The smallest absolute Gasteiger partial charge is 0.330 e. The SMILES string of the molecule is COc1ccc(-c2ccc3c(=O)[nH]c(=O)n(Cc4ccccn4)c3n2)c(O)c1. The molecule has 2 N–H and O–H groups in total. The van der Waals surface area contributed by atoms with Gasteiger partial charge in [0.15, 0.2) is 5.65 Å². The molecule has 0 aliphatic carbocycles. The summed E-state index contributed by atoms with van der Waals surface area (Å²) in [7, 11) is 1.51. The molecule has 0 aliphatic rings. The monoisotopic (exact) mass is 376 g/mol. The fourth-order valence-electron chi connectivity index (χ4n) is 2.96. The quantitative estimate of drug-likeness (QED) is 0.563. The maximum atomic E-state index is 12.4. The number of rotatable bonds is 4. The topological polar surface area (TPSA) is 110 Å². The summed E-state index contributed by atoms with van der Waals surface area (Å²) in [6.07, 6.45) is 1.63. The van der Waals surface area contributed by atoms with Gasteiger partial charge in [0.2, 0.25) is 0 Å². The first-order valence-corrected chi connectivity index (χ1v) is 8.48. The molecule has 4 aromatic rings. The van der Waals surface area contributed by atoms with E-state index in [1.54, 1.807) is 42.6 Å². The zero-order chi connectivity index (χ0) is 19.7. The Bertz CT molecular complexity index is 1280. The van der Waals surface area contributed by atoms with Gasteiger partial charge in [-0.1, -0.05) is 6.07 Å². The van der Waals surface area contributed by atoms with Crippen molar-refractivity contribution in [2.24, 2.45) is 0 Å². The van der Waals surface area contributed by atoms with Crippen LogP contribution in [0.2, 0.25) is 0 Å². The van der Waals surface area contributed by atoms with Gasteiger partial charge in [0.05, 0.1) is 30.4 Å². The maximum Gasteiger partial charge on any atom is 0.330 e. The van der Waals surface area contributed by atoms with Crippen LogP contribution >= 0.6 is 0 Å². The first kappa shape index (κ1) is 17.5. The van der Waals surface area contributed by atoms with Gasteiger partial charge < -0.3 is 9.84 Å². The van der Waals surface area contributed by atoms with Gasteiger partial charge in [0.25, 0.3) is 5.56 Å². The van der Waals surface area contributed by atoms with E-state index in [1.165, 1.54) is 17.7 Å². The molecule has 0 radical (unpaired) electrons. The first-order chi connectivity index (χ1) is 13.6. The van der Waals surface area contributed by atoms with Crippen LogP contribution in [0.5, 0.6) is 11.5 Å². The summed E-state index contributed by atoms with van der Waals surface area (Å²) in [5.74, 6) is 0.486. The number of nitrogens with zero attached hydrogens (tertiary/aromatic N) is 3. The van der Waals surface area contributed by atoms with Gasteiger partial charge in [-0.15, -0.1) is 0 Å². The minimum Gasteiger partial charge on any atom is -0.507 e. The number of hydrogen-bond donors (Lipinski definition) is 2. The van der Waals surface area contributed by atoms with Crippen molar-refractivity contribution in [3.05, 3.63) is 81.3 Å². The highest BCUT2D eigenvalue weighted by molar-refractivity contribution is 5.79. The van der Waals surface area contributed by atoms with Crippen LogP contribution in [0.3, 0.4) is 0 Å². The van der Waals surface area contributed by atoms with E-state index in [-0.39, 0.29) is 23.3 Å². The standard InChI is InChI=1S/C20H16N4O4/c1-28-13-5-6-14(17(25)10-13)16-8-7-15-18(22-16)24(20(27)23-19(15)26)11-12-4-2-3-9-21-12/h2-10,25H,11H2,1H3,(H,23,26,27). The van der Waals surface area contributed by atoms with Gasteiger partial charge in [-0.25, -0.2) is 9.78 Å². The van der Waals surface area contributed by atoms with E-state index in [1.807, 2.05) is 6.07 Å². The van der Waals surface area contributed by atoms with Crippen LogP contribution in [0.15, 0.2) is 64.3 Å². The summed E-state index contributed by atoms with van der Waals surface area (Å²) in [6.45, 7) is 0.151. The number of benzene rings is 1. The number of phenols is 1. The molecule has 8 nitrogen and oxygen atoms in total. The Labute approximate surface area is 158 Å². The number of aromatic hydroxyl groups is 1. The van der Waals surface area contributed by atoms with Gasteiger partial charge in [0.1, 0.15) is 11.5 Å². The average Bonchev–Trinajstić information content (AvgIpc) is 2.71. The van der Waals surface area contributed by atoms with Crippen molar-refractivity contribution in [2.45, 2.75) is 6.54 Å². The van der Waals surface area contributed by atoms with E-state index < -0.39 is 11.2 Å². The lowest BCUT2D eigenvalue weighted by Gasteiger charge is -2.11. The molecule has 140 valence electrons. The van der Waals surface area contributed by atoms with E-state index in [2.05, 4.69) is 15.0 Å². The second kappa shape index (κ2) is 6.99. The molecule has 0 aliphatic heterocycles. The lowest BCUT2D eigenvalue weighted by atomic mass is 10.1. The number of pyridine rings is 2. The number of methoxy groups -OCH3 is 1. The van der Waals surface area contributed by atoms with E-state index in [0.717, 1.165) is 0 Å². The number of H-pyrrole nitrogens is 1. The van der Waals surface area contributed by atoms with Crippen LogP contribution in [0.1, 0.15) is 5.69 Å². The van der Waals surface area contributed by atoms with Crippen LogP contribution in [0, 0.1) is 0 Å². The third kappa shape index (κ3) is 3.11. The molecule has 0 spiro atoms. The summed E-state index contributed by atoms with van der Waals surface area (Å²) >= 11 is 0. The molecule has 0 fully saturated rings. The van der Waals surface area contributed by atoms with Crippen molar-refractivity contribution in [1.29, 1.82) is 0 Å². The highest BCUT2D eigenvalue weighted by Crippen LogP contribution is 2.31. The van der Waals surface area contributed by atoms with Crippen LogP contribution < -0.4 is 16.0 Å². The third-order valence-electron chi connectivity index (χ3n) is 4.37. The molecule has 0 unspecified atom stereocenters. The summed E-state index contributed by atoms with van der Waals surface area (Å²) in [4.78, 5) is 35.7. The summed E-state index contributed by atoms with van der Waals surface area (Å²) in [6, 6.07) is 13.4. The van der Waals surface area contributed by atoms with Crippen molar-refractivity contribution in [1.82, 2.24) is 19.5 Å². The molecule has 1 aromatic carbocycles. The van der Waals surface area contributed by atoms with E-state index >= 15 is 0 Å². The Morgan fingerprint density at radius 1 is 1.14 bits per heavy atom. The van der Waals surface area contributed by atoms with Gasteiger partial charge in [-0.05, 0) is 36.4 Å². The normalized spacial score (nSPS) is 10.9. The van der Waals surface area contributed by atoms with Crippen molar-refractivity contribution in [3.8, 4) is 22.8 Å². The van der Waals surface area contributed by atoms with Crippen molar-refractivity contribution >= 4 is 11.0 Å². The zero-order valence-corrected chi connectivity index (χ0v) is 14.9. The molecule has 3 aromatic heterocycles. The molecular weight excluding hydrogens is 360 g/mol.